The summed E-state index contributed by atoms with van der Waals surface area (Å²) >= 11 is 1.28. The molecule has 0 bridgehead atoms. The van der Waals surface area contributed by atoms with Gasteiger partial charge in [-0.2, -0.15) is 0 Å². The Bertz CT molecular complexity index is 1100. The molecule has 3 rings (SSSR count). The Hall–Kier alpha value is -2.37. The van der Waals surface area contributed by atoms with E-state index in [1.165, 1.54) is 28.6 Å². The number of thiophene rings is 1. The van der Waals surface area contributed by atoms with Crippen LogP contribution in [0.1, 0.15) is 33.5 Å². The maximum atomic E-state index is 12.7. The van der Waals surface area contributed by atoms with Gasteiger partial charge in [0.2, 0.25) is 0 Å². The molecule has 2 aliphatic rings. The van der Waals surface area contributed by atoms with Crippen molar-refractivity contribution in [1.29, 1.82) is 0 Å². The van der Waals surface area contributed by atoms with Gasteiger partial charge in [0.05, 0.1) is 9.75 Å². The normalized spacial score (nSPS) is 18.4. The van der Waals surface area contributed by atoms with E-state index in [1.807, 2.05) is 13.1 Å². The Kier molecular flexibility index (Phi) is 6.25. The SMILES string of the molecule is CN1CC(C#CC#Cc2cc3c(s2)C(=O)N(CCC(C)(C(=O)NO)S(C)(=O)=O)C3)C1. The molecule has 1 fully saturated rings. The molecule has 8 nitrogen and oxygen atoms in total. The summed E-state index contributed by atoms with van der Waals surface area (Å²) in [6, 6.07) is 1.85. The summed E-state index contributed by atoms with van der Waals surface area (Å²) in [5.74, 6) is 10.9. The number of sulfone groups is 1. The third-order valence-electron chi connectivity index (χ3n) is 5.50. The standard InChI is InChI=1S/C20H23N3O5S2/c1-20(19(25)21-26,30(3,27)28)8-9-23-13-15-10-16(29-17(15)18(23)24)7-5-4-6-14-11-22(2)12-14/h10,14,26H,8-9,11-13H2,1-3H3,(H,21,25). The molecule has 1 aromatic rings. The van der Waals surface area contributed by atoms with Crippen molar-refractivity contribution in [2.75, 3.05) is 32.9 Å². The van der Waals surface area contributed by atoms with Crippen LogP contribution in [0.3, 0.4) is 0 Å². The fourth-order valence-corrected chi connectivity index (χ4v) is 5.18. The quantitative estimate of drug-likeness (QED) is 0.381. The molecule has 3 heterocycles. The highest BCUT2D eigenvalue weighted by atomic mass is 32.2. The van der Waals surface area contributed by atoms with E-state index < -0.39 is 20.5 Å². The van der Waals surface area contributed by atoms with Crippen LogP contribution in [0.2, 0.25) is 0 Å². The molecule has 1 saturated heterocycles. The predicted molar refractivity (Wildman–Crippen MR) is 112 cm³/mol. The topological polar surface area (TPSA) is 107 Å². The van der Waals surface area contributed by atoms with Crippen molar-refractivity contribution < 1.29 is 23.2 Å². The van der Waals surface area contributed by atoms with Crippen LogP contribution in [0.4, 0.5) is 0 Å². The molecule has 160 valence electrons. The van der Waals surface area contributed by atoms with Crippen LogP contribution in [-0.2, 0) is 21.2 Å². The van der Waals surface area contributed by atoms with Crippen molar-refractivity contribution in [3.8, 4) is 23.7 Å². The highest BCUT2D eigenvalue weighted by molar-refractivity contribution is 7.92. The van der Waals surface area contributed by atoms with Crippen molar-refractivity contribution in [2.24, 2.45) is 5.92 Å². The highest BCUT2D eigenvalue weighted by Gasteiger charge is 2.44. The van der Waals surface area contributed by atoms with Gasteiger partial charge in [0.15, 0.2) is 14.6 Å². The Morgan fingerprint density at radius 1 is 1.40 bits per heavy atom. The van der Waals surface area contributed by atoms with E-state index in [9.17, 15) is 18.0 Å². The number of nitrogens with zero attached hydrogens (tertiary/aromatic N) is 2. The van der Waals surface area contributed by atoms with E-state index in [-0.39, 0.29) is 18.9 Å². The maximum absolute atomic E-state index is 12.7. The smallest absolute Gasteiger partial charge is 0.264 e. The number of hydroxylamine groups is 1. The number of rotatable bonds is 5. The van der Waals surface area contributed by atoms with Crippen LogP contribution in [0.25, 0.3) is 0 Å². The second-order valence-electron chi connectivity index (χ2n) is 7.82. The second-order valence-corrected chi connectivity index (χ2v) is 11.3. The zero-order valence-corrected chi connectivity index (χ0v) is 18.6. The first-order valence-corrected chi connectivity index (χ1v) is 12.0. The van der Waals surface area contributed by atoms with Gasteiger partial charge >= 0.3 is 0 Å². The van der Waals surface area contributed by atoms with Crippen molar-refractivity contribution in [2.45, 2.75) is 24.6 Å². The second kappa shape index (κ2) is 8.40. The third-order valence-corrected chi connectivity index (χ3v) is 8.61. The summed E-state index contributed by atoms with van der Waals surface area (Å²) in [5, 5.41) is 8.90. The van der Waals surface area contributed by atoms with Crippen molar-refractivity contribution >= 4 is 33.0 Å². The number of likely N-dealkylation sites (tertiary alicyclic amines) is 1. The Labute approximate surface area is 180 Å². The monoisotopic (exact) mass is 449 g/mol. The molecule has 0 saturated carbocycles. The molecule has 1 unspecified atom stereocenters. The van der Waals surface area contributed by atoms with Crippen LogP contribution in [0.5, 0.6) is 0 Å². The van der Waals surface area contributed by atoms with Gasteiger partial charge in [-0.3, -0.25) is 14.8 Å². The van der Waals surface area contributed by atoms with E-state index in [4.69, 9.17) is 5.21 Å². The Morgan fingerprint density at radius 2 is 2.10 bits per heavy atom. The molecule has 0 radical (unpaired) electrons. The lowest BCUT2D eigenvalue weighted by atomic mass is 10.0. The van der Waals surface area contributed by atoms with Crippen molar-refractivity contribution in [1.82, 2.24) is 15.3 Å². The number of fused-ring (bicyclic) bond motifs is 1. The summed E-state index contributed by atoms with van der Waals surface area (Å²) in [4.78, 5) is 29.6. The molecule has 0 aromatic carbocycles. The molecule has 10 heteroatoms. The van der Waals surface area contributed by atoms with Gasteiger partial charge in [0.25, 0.3) is 11.8 Å². The summed E-state index contributed by atoms with van der Waals surface area (Å²) in [7, 11) is -1.76. The van der Waals surface area contributed by atoms with Gasteiger partial charge in [0, 0.05) is 38.4 Å². The van der Waals surface area contributed by atoms with Crippen molar-refractivity contribution in [3.63, 3.8) is 0 Å². The highest BCUT2D eigenvalue weighted by Crippen LogP contribution is 2.32. The van der Waals surface area contributed by atoms with Gasteiger partial charge in [-0.15, -0.1) is 11.3 Å². The van der Waals surface area contributed by atoms with Gasteiger partial charge in [-0.05, 0) is 49.8 Å². The Morgan fingerprint density at radius 3 is 2.67 bits per heavy atom. The number of carbonyl (C=O) groups excluding carboxylic acids is 2. The summed E-state index contributed by atoms with van der Waals surface area (Å²) in [6.45, 7) is 3.56. The van der Waals surface area contributed by atoms with E-state index in [0.717, 1.165) is 29.8 Å². The molecule has 30 heavy (non-hydrogen) atoms. The van der Waals surface area contributed by atoms with Crippen LogP contribution in [0, 0.1) is 29.6 Å². The number of hydrogen-bond donors (Lipinski definition) is 2. The lowest BCUT2D eigenvalue weighted by molar-refractivity contribution is -0.131. The largest absolute Gasteiger partial charge is 0.333 e. The van der Waals surface area contributed by atoms with Crippen LogP contribution in [-0.4, -0.2) is 72.9 Å². The van der Waals surface area contributed by atoms with Crippen molar-refractivity contribution in [3.05, 3.63) is 21.4 Å². The van der Waals surface area contributed by atoms with E-state index in [2.05, 4.69) is 28.6 Å². The Balaban J connectivity index is 1.63. The zero-order valence-electron chi connectivity index (χ0n) is 17.0. The number of carbonyl (C=O) groups is 2. The summed E-state index contributed by atoms with van der Waals surface area (Å²) in [6.07, 6.45) is 0.805. The van der Waals surface area contributed by atoms with Crippen LogP contribution >= 0.6 is 11.3 Å². The molecule has 0 aliphatic carbocycles. The predicted octanol–water partition coefficient (Wildman–Crippen LogP) is 0.319. The average Bonchev–Trinajstić information content (AvgIpc) is 3.18. The zero-order chi connectivity index (χ0) is 22.1. The lowest BCUT2D eigenvalue weighted by Crippen LogP contribution is -2.50. The number of hydrogen-bond acceptors (Lipinski definition) is 7. The first-order valence-electron chi connectivity index (χ1n) is 9.31. The van der Waals surface area contributed by atoms with Gasteiger partial charge in [0.1, 0.15) is 0 Å². The molecule has 2 N–H and O–H groups in total. The van der Waals surface area contributed by atoms with Crippen LogP contribution < -0.4 is 5.48 Å². The minimum absolute atomic E-state index is 0.0690. The van der Waals surface area contributed by atoms with E-state index in [0.29, 0.717) is 17.3 Å². The van der Waals surface area contributed by atoms with Gasteiger partial charge in [-0.25, -0.2) is 13.9 Å². The van der Waals surface area contributed by atoms with Crippen LogP contribution in [0.15, 0.2) is 6.07 Å². The average molecular weight is 450 g/mol. The minimum atomic E-state index is -3.81. The van der Waals surface area contributed by atoms with E-state index in [1.54, 1.807) is 0 Å². The first-order chi connectivity index (χ1) is 14.0. The number of nitrogens with one attached hydrogen (secondary N) is 1. The fraction of sp³-hybridized carbons (Fsp3) is 0.500. The lowest BCUT2D eigenvalue weighted by Gasteiger charge is -2.32. The van der Waals surface area contributed by atoms with Gasteiger partial charge < -0.3 is 9.80 Å². The molecule has 2 amide bonds. The summed E-state index contributed by atoms with van der Waals surface area (Å²) < 4.78 is 22.3. The number of amides is 2. The molecule has 1 atom stereocenters. The molecule has 2 aliphatic heterocycles. The maximum Gasteiger partial charge on any atom is 0.264 e. The third kappa shape index (κ3) is 4.37. The minimum Gasteiger partial charge on any atom is -0.333 e. The fourth-order valence-electron chi connectivity index (χ4n) is 3.35. The first kappa shape index (κ1) is 22.3. The van der Waals surface area contributed by atoms with Gasteiger partial charge in [-0.1, -0.05) is 5.92 Å². The molecular formula is C20H23N3O5S2. The molecular weight excluding hydrogens is 426 g/mol. The van der Waals surface area contributed by atoms with E-state index >= 15 is 0 Å². The summed E-state index contributed by atoms with van der Waals surface area (Å²) in [5.41, 5.74) is 2.24. The molecule has 1 aromatic heterocycles. The molecule has 0 spiro atoms.